The van der Waals surface area contributed by atoms with Crippen LogP contribution in [0.25, 0.3) is 0 Å². The topological polar surface area (TPSA) is 49.8 Å². The number of nitrogens with zero attached hydrogens (tertiary/aromatic N) is 3. The number of aliphatic imine (C=N–C) groups is 1. The summed E-state index contributed by atoms with van der Waals surface area (Å²) >= 11 is 0. The average Bonchev–Trinajstić information content (AvgIpc) is 3.28. The zero-order valence-corrected chi connectivity index (χ0v) is 16.6. The van der Waals surface area contributed by atoms with Gasteiger partial charge in [0, 0.05) is 56.3 Å². The Hall–Kier alpha value is -0.890. The minimum Gasteiger partial charge on any atom is -0.374 e. The van der Waals surface area contributed by atoms with Crippen molar-refractivity contribution in [3.63, 3.8) is 0 Å². The Bertz CT molecular complexity index is 549. The number of nitrogens with one attached hydrogen (secondary N) is 1. The first-order valence-corrected chi connectivity index (χ1v) is 8.93. The Morgan fingerprint density at radius 1 is 1.29 bits per heavy atom. The SMILES string of the molecule is CCNC(=NCCc1ccccn1)N1CC2C3CCC(O3)C2C1.I. The normalized spacial score (nSPS) is 31.0. The fourth-order valence-corrected chi connectivity index (χ4v) is 4.38. The summed E-state index contributed by atoms with van der Waals surface area (Å²) in [7, 11) is 0. The van der Waals surface area contributed by atoms with Crippen molar-refractivity contribution >= 4 is 29.9 Å². The fourth-order valence-electron chi connectivity index (χ4n) is 4.38. The van der Waals surface area contributed by atoms with E-state index in [-0.39, 0.29) is 24.0 Å². The number of fused-ring (bicyclic) bond motifs is 5. The molecule has 1 aromatic heterocycles. The molecular weight excluding hydrogens is 415 g/mol. The van der Waals surface area contributed by atoms with Crippen molar-refractivity contribution in [2.24, 2.45) is 16.8 Å². The standard InChI is InChI=1S/C18H26N4O.HI/c1-2-19-18(21-10-8-13-5-3-4-9-20-13)22-11-14-15(12-22)17-7-6-16(14)23-17;/h3-5,9,14-17H,2,6-8,10-12H2,1H3,(H,19,21);1H. The summed E-state index contributed by atoms with van der Waals surface area (Å²) < 4.78 is 6.07. The van der Waals surface area contributed by atoms with Gasteiger partial charge in [-0.2, -0.15) is 0 Å². The third-order valence-corrected chi connectivity index (χ3v) is 5.44. The molecule has 3 aliphatic heterocycles. The van der Waals surface area contributed by atoms with Crippen LogP contribution < -0.4 is 5.32 Å². The summed E-state index contributed by atoms with van der Waals surface area (Å²) in [5, 5.41) is 3.46. The van der Waals surface area contributed by atoms with Gasteiger partial charge in [-0.15, -0.1) is 24.0 Å². The van der Waals surface area contributed by atoms with Gasteiger partial charge in [0.1, 0.15) is 0 Å². The van der Waals surface area contributed by atoms with Gasteiger partial charge in [0.25, 0.3) is 0 Å². The minimum atomic E-state index is 0. The molecule has 0 saturated carbocycles. The van der Waals surface area contributed by atoms with Gasteiger partial charge in [-0.25, -0.2) is 0 Å². The number of ether oxygens (including phenoxy) is 1. The highest BCUT2D eigenvalue weighted by molar-refractivity contribution is 14.0. The lowest BCUT2D eigenvalue weighted by molar-refractivity contribution is 0.0767. The molecule has 4 heterocycles. The molecule has 6 heteroatoms. The first-order chi connectivity index (χ1) is 11.3. The van der Waals surface area contributed by atoms with Crippen molar-refractivity contribution in [1.29, 1.82) is 0 Å². The molecule has 3 aliphatic rings. The van der Waals surface area contributed by atoms with Crippen molar-refractivity contribution in [2.75, 3.05) is 26.2 Å². The second-order valence-electron chi connectivity index (χ2n) is 6.83. The fraction of sp³-hybridized carbons (Fsp3) is 0.667. The lowest BCUT2D eigenvalue weighted by Crippen LogP contribution is -2.41. The van der Waals surface area contributed by atoms with E-state index in [1.807, 2.05) is 18.3 Å². The van der Waals surface area contributed by atoms with Crippen LogP contribution in [0.2, 0.25) is 0 Å². The van der Waals surface area contributed by atoms with Crippen LogP contribution in [-0.4, -0.2) is 54.2 Å². The molecule has 132 valence electrons. The monoisotopic (exact) mass is 442 g/mol. The lowest BCUT2D eigenvalue weighted by Gasteiger charge is -2.23. The van der Waals surface area contributed by atoms with E-state index in [1.165, 1.54) is 12.8 Å². The average molecular weight is 442 g/mol. The Morgan fingerprint density at radius 3 is 2.67 bits per heavy atom. The van der Waals surface area contributed by atoms with Crippen LogP contribution >= 0.6 is 24.0 Å². The maximum atomic E-state index is 6.07. The van der Waals surface area contributed by atoms with E-state index in [0.29, 0.717) is 24.0 Å². The molecule has 0 spiro atoms. The maximum absolute atomic E-state index is 6.07. The van der Waals surface area contributed by atoms with E-state index in [0.717, 1.165) is 44.3 Å². The second kappa shape index (κ2) is 7.99. The molecule has 4 rings (SSSR count). The number of pyridine rings is 1. The van der Waals surface area contributed by atoms with Gasteiger partial charge in [-0.1, -0.05) is 6.07 Å². The van der Waals surface area contributed by atoms with Crippen molar-refractivity contribution < 1.29 is 4.74 Å². The molecule has 5 nitrogen and oxygen atoms in total. The van der Waals surface area contributed by atoms with Crippen LogP contribution in [0.5, 0.6) is 0 Å². The molecule has 0 amide bonds. The van der Waals surface area contributed by atoms with E-state index >= 15 is 0 Å². The number of halogens is 1. The largest absolute Gasteiger partial charge is 0.374 e. The van der Waals surface area contributed by atoms with Gasteiger partial charge in [-0.05, 0) is 31.9 Å². The van der Waals surface area contributed by atoms with Gasteiger partial charge in [0.05, 0.1) is 12.2 Å². The summed E-state index contributed by atoms with van der Waals surface area (Å²) in [6.07, 6.45) is 6.27. The number of hydrogen-bond acceptors (Lipinski definition) is 3. The van der Waals surface area contributed by atoms with Gasteiger partial charge in [0.15, 0.2) is 5.96 Å². The van der Waals surface area contributed by atoms with Crippen molar-refractivity contribution in [1.82, 2.24) is 15.2 Å². The molecule has 4 unspecified atom stereocenters. The number of hydrogen-bond donors (Lipinski definition) is 1. The first-order valence-electron chi connectivity index (χ1n) is 8.93. The Labute approximate surface area is 161 Å². The van der Waals surface area contributed by atoms with Crippen LogP contribution in [0.3, 0.4) is 0 Å². The highest BCUT2D eigenvalue weighted by Gasteiger charge is 2.53. The zero-order chi connectivity index (χ0) is 15.6. The number of rotatable bonds is 4. The molecule has 3 saturated heterocycles. The first kappa shape index (κ1) is 17.9. The van der Waals surface area contributed by atoms with Crippen LogP contribution in [-0.2, 0) is 11.2 Å². The number of aromatic nitrogens is 1. The molecule has 1 N–H and O–H groups in total. The third kappa shape index (κ3) is 3.54. The summed E-state index contributed by atoms with van der Waals surface area (Å²) in [5.74, 6) is 2.50. The molecule has 4 atom stereocenters. The minimum absolute atomic E-state index is 0. The van der Waals surface area contributed by atoms with Gasteiger partial charge in [0.2, 0.25) is 0 Å². The van der Waals surface area contributed by atoms with Gasteiger partial charge >= 0.3 is 0 Å². The van der Waals surface area contributed by atoms with Crippen molar-refractivity contribution in [2.45, 2.75) is 38.4 Å². The highest BCUT2D eigenvalue weighted by Crippen LogP contribution is 2.47. The molecule has 24 heavy (non-hydrogen) atoms. The van der Waals surface area contributed by atoms with Crippen molar-refractivity contribution in [3.8, 4) is 0 Å². The molecular formula is C18H27IN4O. The highest BCUT2D eigenvalue weighted by atomic mass is 127. The smallest absolute Gasteiger partial charge is 0.193 e. The third-order valence-electron chi connectivity index (χ3n) is 5.44. The van der Waals surface area contributed by atoms with E-state index in [9.17, 15) is 0 Å². The molecule has 0 radical (unpaired) electrons. The lowest BCUT2D eigenvalue weighted by atomic mass is 9.82. The summed E-state index contributed by atoms with van der Waals surface area (Å²) in [4.78, 5) is 11.7. The van der Waals surface area contributed by atoms with E-state index in [4.69, 9.17) is 9.73 Å². The van der Waals surface area contributed by atoms with E-state index in [2.05, 4.69) is 28.2 Å². The molecule has 0 aromatic carbocycles. The number of likely N-dealkylation sites (tertiary alicyclic amines) is 1. The van der Waals surface area contributed by atoms with Gasteiger partial charge in [-0.3, -0.25) is 9.98 Å². The van der Waals surface area contributed by atoms with Crippen LogP contribution in [0.15, 0.2) is 29.4 Å². The predicted octanol–water partition coefficient (Wildman–Crippen LogP) is 2.32. The van der Waals surface area contributed by atoms with Gasteiger partial charge < -0.3 is 15.0 Å². The summed E-state index contributed by atoms with van der Waals surface area (Å²) in [5.41, 5.74) is 1.11. The Kier molecular flexibility index (Phi) is 5.97. The predicted molar refractivity (Wildman–Crippen MR) is 106 cm³/mol. The summed E-state index contributed by atoms with van der Waals surface area (Å²) in [6.45, 7) is 6.03. The van der Waals surface area contributed by atoms with Crippen molar-refractivity contribution in [3.05, 3.63) is 30.1 Å². The zero-order valence-electron chi connectivity index (χ0n) is 14.2. The van der Waals surface area contributed by atoms with Crippen LogP contribution in [0.1, 0.15) is 25.5 Å². The molecule has 0 aliphatic carbocycles. The maximum Gasteiger partial charge on any atom is 0.193 e. The number of guanidine groups is 1. The molecule has 2 bridgehead atoms. The second-order valence-corrected chi connectivity index (χ2v) is 6.83. The summed E-state index contributed by atoms with van der Waals surface area (Å²) in [6, 6.07) is 6.06. The Balaban J connectivity index is 0.00000169. The van der Waals surface area contributed by atoms with Crippen LogP contribution in [0.4, 0.5) is 0 Å². The van der Waals surface area contributed by atoms with E-state index in [1.54, 1.807) is 0 Å². The molecule has 1 aromatic rings. The molecule has 3 fully saturated rings. The van der Waals surface area contributed by atoms with E-state index < -0.39 is 0 Å². The van der Waals surface area contributed by atoms with Crippen LogP contribution in [0, 0.1) is 11.8 Å². The quantitative estimate of drug-likeness (QED) is 0.442. The Morgan fingerprint density at radius 2 is 2.04 bits per heavy atom.